The summed E-state index contributed by atoms with van der Waals surface area (Å²) in [6.07, 6.45) is 0.567. The van der Waals surface area contributed by atoms with E-state index in [1.807, 2.05) is 70.2 Å². The van der Waals surface area contributed by atoms with Crippen LogP contribution in [-0.2, 0) is 21.9 Å². The maximum Gasteiger partial charge on any atom is 0.243 e. The van der Waals surface area contributed by atoms with Crippen LogP contribution in [0.15, 0.2) is 59.1 Å². The van der Waals surface area contributed by atoms with Gasteiger partial charge >= 0.3 is 0 Å². The summed E-state index contributed by atoms with van der Waals surface area (Å²) in [6.45, 7) is 8.24. The van der Waals surface area contributed by atoms with Gasteiger partial charge in [0, 0.05) is 22.3 Å². The third-order valence-corrected chi connectivity index (χ3v) is 6.00. The molecular formula is C24H31BrN2O2S. The lowest BCUT2D eigenvalue weighted by Crippen LogP contribution is -2.53. The number of carbonyl (C=O) groups is 2. The summed E-state index contributed by atoms with van der Waals surface area (Å²) in [7, 11) is 0. The second-order valence-electron chi connectivity index (χ2n) is 8.29. The molecule has 30 heavy (non-hydrogen) atoms. The molecule has 162 valence electrons. The fourth-order valence-electron chi connectivity index (χ4n) is 3.07. The zero-order valence-corrected chi connectivity index (χ0v) is 20.6. The number of hydrogen-bond donors (Lipinski definition) is 1. The van der Waals surface area contributed by atoms with E-state index in [-0.39, 0.29) is 17.4 Å². The SMILES string of the molecule is CC[C@H](C(=O)NC(C)(C)C)N(Cc1ccccc1)C(=O)CSCc1ccc(Br)cc1. The van der Waals surface area contributed by atoms with E-state index in [4.69, 9.17) is 0 Å². The average Bonchev–Trinajstić information content (AvgIpc) is 2.68. The summed E-state index contributed by atoms with van der Waals surface area (Å²) in [5, 5.41) is 3.03. The zero-order chi connectivity index (χ0) is 22.1. The van der Waals surface area contributed by atoms with Crippen LogP contribution in [0.5, 0.6) is 0 Å². The van der Waals surface area contributed by atoms with Crippen LogP contribution in [0.1, 0.15) is 45.2 Å². The summed E-state index contributed by atoms with van der Waals surface area (Å²) < 4.78 is 1.04. The number of carbonyl (C=O) groups excluding carboxylic acids is 2. The maximum absolute atomic E-state index is 13.2. The highest BCUT2D eigenvalue weighted by Crippen LogP contribution is 2.19. The van der Waals surface area contributed by atoms with Crippen molar-refractivity contribution in [3.63, 3.8) is 0 Å². The third kappa shape index (κ3) is 8.15. The first-order valence-electron chi connectivity index (χ1n) is 10.2. The molecule has 0 radical (unpaired) electrons. The quantitative estimate of drug-likeness (QED) is 0.511. The van der Waals surface area contributed by atoms with Gasteiger partial charge in [0.05, 0.1) is 5.75 Å². The molecule has 4 nitrogen and oxygen atoms in total. The van der Waals surface area contributed by atoms with Crippen molar-refractivity contribution in [1.29, 1.82) is 0 Å². The summed E-state index contributed by atoms with van der Waals surface area (Å²) in [4.78, 5) is 27.8. The van der Waals surface area contributed by atoms with E-state index in [2.05, 4.69) is 33.4 Å². The van der Waals surface area contributed by atoms with Gasteiger partial charge in [0.15, 0.2) is 0 Å². The second-order valence-corrected chi connectivity index (χ2v) is 10.2. The molecular weight excluding hydrogens is 460 g/mol. The molecule has 0 aliphatic carbocycles. The third-order valence-electron chi connectivity index (χ3n) is 4.49. The minimum atomic E-state index is -0.495. The van der Waals surface area contributed by atoms with Crippen LogP contribution in [0.25, 0.3) is 0 Å². The Morgan fingerprint density at radius 1 is 1.03 bits per heavy atom. The van der Waals surface area contributed by atoms with Gasteiger partial charge < -0.3 is 10.2 Å². The number of halogens is 1. The molecule has 0 saturated heterocycles. The van der Waals surface area contributed by atoms with Crippen molar-refractivity contribution < 1.29 is 9.59 Å². The molecule has 0 fully saturated rings. The topological polar surface area (TPSA) is 49.4 Å². The van der Waals surface area contributed by atoms with Gasteiger partial charge in [0.25, 0.3) is 0 Å². The summed E-state index contributed by atoms with van der Waals surface area (Å²) in [6, 6.07) is 17.5. The van der Waals surface area contributed by atoms with E-state index in [0.29, 0.717) is 18.7 Å². The van der Waals surface area contributed by atoms with Crippen LogP contribution in [0.3, 0.4) is 0 Å². The molecule has 0 aromatic heterocycles. The lowest BCUT2D eigenvalue weighted by Gasteiger charge is -2.33. The summed E-state index contributed by atoms with van der Waals surface area (Å²) in [5.74, 6) is 0.967. The van der Waals surface area contributed by atoms with Gasteiger partial charge in [-0.1, -0.05) is 65.3 Å². The van der Waals surface area contributed by atoms with Crippen molar-refractivity contribution in [2.24, 2.45) is 0 Å². The van der Waals surface area contributed by atoms with Gasteiger partial charge in [-0.3, -0.25) is 9.59 Å². The van der Waals surface area contributed by atoms with Crippen LogP contribution in [0, 0.1) is 0 Å². The number of nitrogens with zero attached hydrogens (tertiary/aromatic N) is 1. The lowest BCUT2D eigenvalue weighted by molar-refractivity contribution is -0.140. The Balaban J connectivity index is 2.11. The Kier molecular flexibility index (Phi) is 9.43. The molecule has 0 spiro atoms. The molecule has 0 unspecified atom stereocenters. The number of nitrogens with one attached hydrogen (secondary N) is 1. The molecule has 2 aromatic carbocycles. The lowest BCUT2D eigenvalue weighted by atomic mass is 10.1. The fourth-order valence-corrected chi connectivity index (χ4v) is 4.21. The van der Waals surface area contributed by atoms with Crippen molar-refractivity contribution in [3.8, 4) is 0 Å². The number of thioether (sulfide) groups is 1. The number of rotatable bonds is 9. The number of hydrogen-bond acceptors (Lipinski definition) is 3. The first kappa shape index (κ1) is 24.5. The summed E-state index contributed by atoms with van der Waals surface area (Å²) >= 11 is 5.01. The zero-order valence-electron chi connectivity index (χ0n) is 18.2. The predicted octanol–water partition coefficient (Wildman–Crippen LogP) is 5.40. The highest BCUT2D eigenvalue weighted by Gasteiger charge is 2.30. The molecule has 2 amide bonds. The molecule has 1 atom stereocenters. The van der Waals surface area contributed by atoms with Gasteiger partial charge in [-0.15, -0.1) is 11.8 Å². The van der Waals surface area contributed by atoms with Crippen LogP contribution in [-0.4, -0.2) is 34.0 Å². The molecule has 0 bridgehead atoms. The molecule has 6 heteroatoms. The number of benzene rings is 2. The van der Waals surface area contributed by atoms with Crippen molar-refractivity contribution in [3.05, 3.63) is 70.2 Å². The molecule has 0 aliphatic heterocycles. The first-order chi connectivity index (χ1) is 14.2. The first-order valence-corrected chi connectivity index (χ1v) is 12.1. The predicted molar refractivity (Wildman–Crippen MR) is 129 cm³/mol. The standard InChI is InChI=1S/C24H31BrN2O2S/c1-5-21(23(29)26-24(2,3)4)27(15-18-9-7-6-8-10-18)22(28)17-30-16-19-11-13-20(25)14-12-19/h6-14,21H,5,15-17H2,1-4H3,(H,26,29)/t21-/m1/s1. The monoisotopic (exact) mass is 490 g/mol. The van der Waals surface area contributed by atoms with E-state index >= 15 is 0 Å². The molecule has 2 rings (SSSR count). The van der Waals surface area contributed by atoms with Gasteiger partial charge in [0.2, 0.25) is 11.8 Å². The van der Waals surface area contributed by atoms with E-state index < -0.39 is 6.04 Å². The van der Waals surface area contributed by atoms with Gasteiger partial charge in [0.1, 0.15) is 6.04 Å². The maximum atomic E-state index is 13.2. The molecule has 0 heterocycles. The Morgan fingerprint density at radius 2 is 1.67 bits per heavy atom. The van der Waals surface area contributed by atoms with Gasteiger partial charge in [-0.05, 0) is 50.5 Å². The van der Waals surface area contributed by atoms with Crippen LogP contribution < -0.4 is 5.32 Å². The van der Waals surface area contributed by atoms with Crippen molar-refractivity contribution in [1.82, 2.24) is 10.2 Å². The highest BCUT2D eigenvalue weighted by atomic mass is 79.9. The van der Waals surface area contributed by atoms with Gasteiger partial charge in [-0.2, -0.15) is 0 Å². The van der Waals surface area contributed by atoms with E-state index in [9.17, 15) is 9.59 Å². The minimum absolute atomic E-state index is 0.0168. The Morgan fingerprint density at radius 3 is 2.23 bits per heavy atom. The Bertz CT molecular complexity index is 819. The van der Waals surface area contributed by atoms with E-state index in [0.717, 1.165) is 15.8 Å². The average molecular weight is 491 g/mol. The normalized spacial score (nSPS) is 12.3. The minimum Gasteiger partial charge on any atom is -0.350 e. The molecule has 0 saturated carbocycles. The Labute approximate surface area is 192 Å². The van der Waals surface area contributed by atoms with Crippen LogP contribution in [0.4, 0.5) is 0 Å². The van der Waals surface area contributed by atoms with E-state index in [1.165, 1.54) is 5.56 Å². The largest absolute Gasteiger partial charge is 0.350 e. The van der Waals surface area contributed by atoms with Crippen molar-refractivity contribution >= 4 is 39.5 Å². The highest BCUT2D eigenvalue weighted by molar-refractivity contribution is 9.10. The smallest absolute Gasteiger partial charge is 0.243 e. The molecule has 2 aromatic rings. The molecule has 0 aliphatic rings. The van der Waals surface area contributed by atoms with Gasteiger partial charge in [-0.25, -0.2) is 0 Å². The van der Waals surface area contributed by atoms with Crippen molar-refractivity contribution in [2.45, 2.75) is 58.0 Å². The van der Waals surface area contributed by atoms with Crippen molar-refractivity contribution in [2.75, 3.05) is 5.75 Å². The fraction of sp³-hybridized carbons (Fsp3) is 0.417. The van der Waals surface area contributed by atoms with E-state index in [1.54, 1.807) is 16.7 Å². The van der Waals surface area contributed by atoms with Crippen LogP contribution in [0.2, 0.25) is 0 Å². The Hall–Kier alpha value is -1.79. The second kappa shape index (κ2) is 11.6. The number of amides is 2. The van der Waals surface area contributed by atoms with Crippen LogP contribution >= 0.6 is 27.7 Å². The molecule has 1 N–H and O–H groups in total. The summed E-state index contributed by atoms with van der Waals surface area (Å²) in [5.41, 5.74) is 1.84.